The van der Waals surface area contributed by atoms with E-state index in [0.29, 0.717) is 17.9 Å². The maximum absolute atomic E-state index is 12.3. The van der Waals surface area contributed by atoms with E-state index in [0.717, 1.165) is 5.56 Å². The van der Waals surface area contributed by atoms with Gasteiger partial charge in [-0.25, -0.2) is 18.4 Å². The highest BCUT2D eigenvalue weighted by molar-refractivity contribution is 7.92. The highest BCUT2D eigenvalue weighted by Crippen LogP contribution is 2.20. The Morgan fingerprint density at radius 1 is 1.19 bits per heavy atom. The molecule has 0 spiro atoms. The Labute approximate surface area is 124 Å². The zero-order valence-corrected chi connectivity index (χ0v) is 12.9. The minimum atomic E-state index is -3.66. The third kappa shape index (κ3) is 3.69. The summed E-state index contributed by atoms with van der Waals surface area (Å²) in [5.41, 5.74) is 1.99. The maximum atomic E-state index is 12.3. The first-order valence-electron chi connectivity index (χ1n) is 6.47. The van der Waals surface area contributed by atoms with Crippen molar-refractivity contribution in [2.24, 2.45) is 0 Å². The molecule has 1 heterocycles. The number of nitrogens with one attached hydrogen (secondary N) is 1. The molecule has 1 aromatic heterocycles. The molecule has 0 amide bonds. The third-order valence-electron chi connectivity index (χ3n) is 2.77. The number of sulfonamides is 1. The maximum Gasteiger partial charge on any atom is 0.316 e. The second-order valence-corrected chi connectivity index (χ2v) is 6.21. The van der Waals surface area contributed by atoms with Crippen molar-refractivity contribution >= 4 is 15.7 Å². The van der Waals surface area contributed by atoms with Crippen LogP contribution in [0.2, 0.25) is 0 Å². The highest BCUT2D eigenvalue weighted by atomic mass is 32.2. The van der Waals surface area contributed by atoms with Crippen LogP contribution in [-0.2, 0) is 10.0 Å². The molecule has 7 heteroatoms. The van der Waals surface area contributed by atoms with E-state index in [9.17, 15) is 8.42 Å². The van der Waals surface area contributed by atoms with E-state index in [1.807, 2.05) is 19.9 Å². The van der Waals surface area contributed by atoms with Crippen LogP contribution < -0.4 is 9.46 Å². The molecule has 0 saturated heterocycles. The van der Waals surface area contributed by atoms with Crippen molar-refractivity contribution in [1.29, 1.82) is 0 Å². The minimum absolute atomic E-state index is 0.215. The summed E-state index contributed by atoms with van der Waals surface area (Å²) >= 11 is 0. The Balaban J connectivity index is 2.24. The molecule has 0 atom stereocenters. The Morgan fingerprint density at radius 3 is 2.43 bits per heavy atom. The lowest BCUT2D eigenvalue weighted by atomic mass is 10.2. The van der Waals surface area contributed by atoms with Gasteiger partial charge in [0.2, 0.25) is 0 Å². The molecule has 0 aliphatic rings. The van der Waals surface area contributed by atoms with Gasteiger partial charge in [-0.05, 0) is 32.4 Å². The molecule has 0 aliphatic heterocycles. The normalized spacial score (nSPS) is 11.2. The third-order valence-corrected chi connectivity index (χ3v) is 4.32. The van der Waals surface area contributed by atoms with Gasteiger partial charge in [-0.1, -0.05) is 17.7 Å². The number of aryl methyl sites for hydroxylation is 2. The van der Waals surface area contributed by atoms with E-state index >= 15 is 0 Å². The molecule has 2 aromatic rings. The van der Waals surface area contributed by atoms with Gasteiger partial charge in [-0.3, -0.25) is 4.72 Å². The predicted octanol–water partition coefficient (Wildman–Crippen LogP) is 2.29. The molecule has 0 aliphatic carbocycles. The summed E-state index contributed by atoms with van der Waals surface area (Å²) < 4.78 is 32.3. The van der Waals surface area contributed by atoms with Crippen molar-refractivity contribution in [1.82, 2.24) is 9.97 Å². The number of nitrogens with zero attached hydrogens (tertiary/aromatic N) is 2. The summed E-state index contributed by atoms with van der Waals surface area (Å²) in [5.74, 6) is 0. The van der Waals surface area contributed by atoms with Crippen LogP contribution in [0, 0.1) is 13.8 Å². The van der Waals surface area contributed by atoms with Gasteiger partial charge >= 0.3 is 6.01 Å². The van der Waals surface area contributed by atoms with Crippen molar-refractivity contribution in [2.75, 3.05) is 11.3 Å². The molecule has 1 N–H and O–H groups in total. The quantitative estimate of drug-likeness (QED) is 0.916. The molecule has 21 heavy (non-hydrogen) atoms. The van der Waals surface area contributed by atoms with Crippen molar-refractivity contribution in [3.8, 4) is 6.01 Å². The molecular formula is C14H17N3O3S. The van der Waals surface area contributed by atoms with E-state index < -0.39 is 10.0 Å². The molecule has 2 rings (SSSR count). The van der Waals surface area contributed by atoms with Gasteiger partial charge in [0.15, 0.2) is 0 Å². The number of rotatable bonds is 5. The zero-order valence-electron chi connectivity index (χ0n) is 12.1. The summed E-state index contributed by atoms with van der Waals surface area (Å²) in [6.45, 7) is 5.95. The average Bonchev–Trinajstić information content (AvgIpc) is 2.40. The lowest BCUT2D eigenvalue weighted by molar-refractivity contribution is 0.312. The van der Waals surface area contributed by atoms with Gasteiger partial charge in [0.1, 0.15) is 0 Å². The SMILES string of the molecule is CCOc1ncc(NS(=O)(=O)c2ccc(C)cc2C)cn1. The number of hydrogen-bond donors (Lipinski definition) is 1. The van der Waals surface area contributed by atoms with Crippen LogP contribution in [0.25, 0.3) is 0 Å². The Morgan fingerprint density at radius 2 is 1.86 bits per heavy atom. The second-order valence-electron chi connectivity index (χ2n) is 4.56. The van der Waals surface area contributed by atoms with E-state index in [1.54, 1.807) is 19.1 Å². The first-order valence-corrected chi connectivity index (χ1v) is 7.95. The lowest BCUT2D eigenvalue weighted by Gasteiger charge is -2.10. The molecule has 0 unspecified atom stereocenters. The summed E-state index contributed by atoms with van der Waals surface area (Å²) in [7, 11) is -3.66. The van der Waals surface area contributed by atoms with Gasteiger partial charge in [0, 0.05) is 0 Å². The first-order chi connectivity index (χ1) is 9.92. The number of hydrogen-bond acceptors (Lipinski definition) is 5. The molecule has 0 saturated carbocycles. The number of aromatic nitrogens is 2. The van der Waals surface area contributed by atoms with Crippen LogP contribution in [0.5, 0.6) is 6.01 Å². The summed E-state index contributed by atoms with van der Waals surface area (Å²) in [6, 6.07) is 5.38. The second kappa shape index (κ2) is 6.09. The Kier molecular flexibility index (Phi) is 4.42. The van der Waals surface area contributed by atoms with Crippen LogP contribution in [0.15, 0.2) is 35.5 Å². The summed E-state index contributed by atoms with van der Waals surface area (Å²) in [5, 5.41) is 0. The highest BCUT2D eigenvalue weighted by Gasteiger charge is 2.17. The Hall–Kier alpha value is -2.15. The fraction of sp³-hybridized carbons (Fsp3) is 0.286. The summed E-state index contributed by atoms with van der Waals surface area (Å²) in [4.78, 5) is 8.08. The molecule has 1 aromatic carbocycles. The van der Waals surface area contributed by atoms with Gasteiger partial charge in [-0.15, -0.1) is 0 Å². The predicted molar refractivity (Wildman–Crippen MR) is 79.9 cm³/mol. The molecule has 0 fully saturated rings. The number of ether oxygens (including phenoxy) is 1. The smallest absolute Gasteiger partial charge is 0.316 e. The van der Waals surface area contributed by atoms with Crippen LogP contribution >= 0.6 is 0 Å². The van der Waals surface area contributed by atoms with Crippen LogP contribution in [0.3, 0.4) is 0 Å². The molecule has 6 nitrogen and oxygen atoms in total. The van der Waals surface area contributed by atoms with E-state index in [-0.39, 0.29) is 10.9 Å². The average molecular weight is 307 g/mol. The van der Waals surface area contributed by atoms with E-state index in [4.69, 9.17) is 4.74 Å². The van der Waals surface area contributed by atoms with Crippen LogP contribution in [-0.4, -0.2) is 25.0 Å². The lowest BCUT2D eigenvalue weighted by Crippen LogP contribution is -2.14. The van der Waals surface area contributed by atoms with E-state index in [1.165, 1.54) is 12.4 Å². The van der Waals surface area contributed by atoms with Gasteiger partial charge in [0.25, 0.3) is 10.0 Å². The number of anilines is 1. The fourth-order valence-electron chi connectivity index (χ4n) is 1.88. The monoisotopic (exact) mass is 307 g/mol. The largest absolute Gasteiger partial charge is 0.464 e. The summed E-state index contributed by atoms with van der Waals surface area (Å²) in [6.07, 6.45) is 2.75. The van der Waals surface area contributed by atoms with Crippen LogP contribution in [0.1, 0.15) is 18.1 Å². The van der Waals surface area contributed by atoms with Crippen molar-refractivity contribution in [3.05, 3.63) is 41.7 Å². The topological polar surface area (TPSA) is 81.2 Å². The molecular weight excluding hydrogens is 290 g/mol. The molecule has 112 valence electrons. The van der Waals surface area contributed by atoms with Gasteiger partial charge < -0.3 is 4.74 Å². The number of benzene rings is 1. The van der Waals surface area contributed by atoms with Crippen LogP contribution in [0.4, 0.5) is 5.69 Å². The van der Waals surface area contributed by atoms with Gasteiger partial charge in [0.05, 0.1) is 29.6 Å². The van der Waals surface area contributed by atoms with Crippen molar-refractivity contribution in [3.63, 3.8) is 0 Å². The van der Waals surface area contributed by atoms with Gasteiger partial charge in [-0.2, -0.15) is 0 Å². The standard InChI is InChI=1S/C14H17N3O3S/c1-4-20-14-15-8-12(9-16-14)17-21(18,19)13-6-5-10(2)7-11(13)3/h5-9,17H,4H2,1-3H3. The first kappa shape index (κ1) is 15.2. The van der Waals surface area contributed by atoms with Crippen molar-refractivity contribution in [2.45, 2.75) is 25.7 Å². The zero-order chi connectivity index (χ0) is 15.5. The van der Waals surface area contributed by atoms with E-state index in [2.05, 4.69) is 14.7 Å². The fourth-order valence-corrected chi connectivity index (χ4v) is 3.14. The molecule has 0 bridgehead atoms. The minimum Gasteiger partial charge on any atom is -0.464 e. The van der Waals surface area contributed by atoms with Crippen molar-refractivity contribution < 1.29 is 13.2 Å². The molecule has 0 radical (unpaired) electrons. The Bertz CT molecular complexity index is 728.